The number of nitrogens with one attached hydrogen (secondary N) is 1. The molecule has 0 aliphatic heterocycles. The highest BCUT2D eigenvalue weighted by Crippen LogP contribution is 2.28. The fourth-order valence-corrected chi connectivity index (χ4v) is 1.65. The van der Waals surface area contributed by atoms with E-state index in [1.165, 1.54) is 13.2 Å². The smallest absolute Gasteiger partial charge is 0.405 e. The molecule has 1 aromatic rings. The lowest BCUT2D eigenvalue weighted by Gasteiger charge is -2.09. The van der Waals surface area contributed by atoms with Gasteiger partial charge in [-0.25, -0.2) is 4.79 Å². The summed E-state index contributed by atoms with van der Waals surface area (Å²) in [5, 5.41) is 1.59. The highest BCUT2D eigenvalue weighted by Gasteiger charge is 2.27. The van der Waals surface area contributed by atoms with Crippen LogP contribution in [0.25, 0.3) is 6.08 Å². The van der Waals surface area contributed by atoms with E-state index in [1.807, 2.05) is 0 Å². The minimum absolute atomic E-state index is 0.300. The van der Waals surface area contributed by atoms with Crippen molar-refractivity contribution in [3.05, 3.63) is 42.5 Å². The van der Waals surface area contributed by atoms with Gasteiger partial charge in [-0.3, -0.25) is 4.79 Å². The second-order valence-corrected chi connectivity index (χ2v) is 4.84. The van der Waals surface area contributed by atoms with Gasteiger partial charge in [-0.15, -0.1) is 0 Å². The van der Waals surface area contributed by atoms with Crippen molar-refractivity contribution in [1.82, 2.24) is 5.32 Å². The van der Waals surface area contributed by atoms with Crippen LogP contribution < -0.4 is 14.8 Å². The molecule has 1 rings (SSSR count). The van der Waals surface area contributed by atoms with Crippen molar-refractivity contribution in [1.29, 1.82) is 0 Å². The Labute approximate surface area is 148 Å². The second-order valence-electron chi connectivity index (χ2n) is 4.84. The summed E-state index contributed by atoms with van der Waals surface area (Å²) < 4.78 is 50.9. The van der Waals surface area contributed by atoms with Gasteiger partial charge in [-0.05, 0) is 23.8 Å². The van der Waals surface area contributed by atoms with Gasteiger partial charge in [-0.1, -0.05) is 18.7 Å². The molecule has 0 saturated heterocycles. The lowest BCUT2D eigenvalue weighted by molar-refractivity contribution is -0.148. The van der Waals surface area contributed by atoms with Crippen molar-refractivity contribution in [2.45, 2.75) is 6.18 Å². The Morgan fingerprint density at radius 1 is 1.27 bits per heavy atom. The zero-order valence-electron chi connectivity index (χ0n) is 14.0. The topological polar surface area (TPSA) is 73.9 Å². The SMILES string of the molecule is C=CCOc1ccc(/C=C/C(=O)OCC(=O)NCC(F)(F)F)cc1OC. The summed E-state index contributed by atoms with van der Waals surface area (Å²) in [5.41, 5.74) is 0.589. The standard InChI is InChI=1S/C17H18F3NO5/c1-3-8-25-13-6-4-12(9-14(13)24-2)5-7-16(23)26-10-15(22)21-11-17(18,19)20/h3-7,9H,1,8,10-11H2,2H3,(H,21,22)/b7-5+. The van der Waals surface area contributed by atoms with Gasteiger partial charge >= 0.3 is 12.1 Å². The van der Waals surface area contributed by atoms with Crippen LogP contribution in [0.5, 0.6) is 11.5 Å². The minimum atomic E-state index is -4.53. The molecule has 0 heterocycles. The molecule has 0 aromatic heterocycles. The number of hydrogen-bond acceptors (Lipinski definition) is 5. The number of halogens is 3. The fraction of sp³-hybridized carbons (Fsp3) is 0.294. The molecular weight excluding hydrogens is 355 g/mol. The quantitative estimate of drug-likeness (QED) is 0.409. The highest BCUT2D eigenvalue weighted by atomic mass is 19.4. The van der Waals surface area contributed by atoms with E-state index in [0.29, 0.717) is 23.7 Å². The molecule has 142 valence electrons. The summed E-state index contributed by atoms with van der Waals surface area (Å²) in [4.78, 5) is 22.6. The van der Waals surface area contributed by atoms with Crippen LogP contribution >= 0.6 is 0 Å². The van der Waals surface area contributed by atoms with E-state index >= 15 is 0 Å². The number of esters is 1. The van der Waals surface area contributed by atoms with Crippen LogP contribution in [0.1, 0.15) is 5.56 Å². The first-order valence-electron chi connectivity index (χ1n) is 7.35. The average molecular weight is 373 g/mol. The maximum atomic E-state index is 11.9. The Kier molecular flexibility index (Phi) is 8.20. The molecule has 0 saturated carbocycles. The number of alkyl halides is 3. The number of benzene rings is 1. The van der Waals surface area contributed by atoms with Crippen LogP contribution in [0.4, 0.5) is 13.2 Å². The van der Waals surface area contributed by atoms with E-state index in [9.17, 15) is 22.8 Å². The monoisotopic (exact) mass is 373 g/mol. The molecule has 0 aliphatic rings. The van der Waals surface area contributed by atoms with Crippen LogP contribution in [-0.4, -0.2) is 44.9 Å². The van der Waals surface area contributed by atoms with Crippen LogP contribution in [0.15, 0.2) is 36.9 Å². The Bertz CT molecular complexity index is 671. The maximum Gasteiger partial charge on any atom is 0.405 e. The van der Waals surface area contributed by atoms with E-state index in [2.05, 4.69) is 11.3 Å². The van der Waals surface area contributed by atoms with Crippen LogP contribution in [0.3, 0.4) is 0 Å². The molecule has 6 nitrogen and oxygen atoms in total. The molecule has 9 heteroatoms. The normalized spacial score (nSPS) is 11.1. The first-order chi connectivity index (χ1) is 12.2. The number of hydrogen-bond donors (Lipinski definition) is 1. The molecule has 0 spiro atoms. The van der Waals surface area contributed by atoms with Gasteiger partial charge < -0.3 is 19.5 Å². The summed E-state index contributed by atoms with van der Waals surface area (Å²) in [5.74, 6) is -0.991. The number of carbonyl (C=O) groups is 2. The molecule has 0 fully saturated rings. The van der Waals surface area contributed by atoms with Crippen LogP contribution in [-0.2, 0) is 14.3 Å². The highest BCUT2D eigenvalue weighted by molar-refractivity contribution is 5.89. The Hall–Kier alpha value is -2.97. The number of carbonyl (C=O) groups excluding carboxylic acids is 2. The zero-order chi connectivity index (χ0) is 19.6. The third-order valence-electron chi connectivity index (χ3n) is 2.79. The van der Waals surface area contributed by atoms with Gasteiger partial charge in [0.2, 0.25) is 0 Å². The molecule has 26 heavy (non-hydrogen) atoms. The Morgan fingerprint density at radius 3 is 2.62 bits per heavy atom. The van der Waals surface area contributed by atoms with Crippen LogP contribution in [0.2, 0.25) is 0 Å². The molecular formula is C17H18F3NO5. The fourth-order valence-electron chi connectivity index (χ4n) is 1.65. The summed E-state index contributed by atoms with van der Waals surface area (Å²) in [7, 11) is 1.46. The molecule has 0 unspecified atom stereocenters. The lowest BCUT2D eigenvalue weighted by Crippen LogP contribution is -2.36. The van der Waals surface area contributed by atoms with Crippen molar-refractivity contribution in [3.63, 3.8) is 0 Å². The van der Waals surface area contributed by atoms with E-state index in [0.717, 1.165) is 6.08 Å². The third kappa shape index (κ3) is 8.22. The number of rotatable bonds is 9. The summed E-state index contributed by atoms with van der Waals surface area (Å²) in [6.45, 7) is 1.54. The molecule has 1 N–H and O–H groups in total. The maximum absolute atomic E-state index is 11.9. The molecule has 0 radical (unpaired) electrons. The Morgan fingerprint density at radius 2 is 2.00 bits per heavy atom. The predicted molar refractivity (Wildman–Crippen MR) is 87.7 cm³/mol. The van der Waals surface area contributed by atoms with E-state index in [4.69, 9.17) is 9.47 Å². The van der Waals surface area contributed by atoms with Gasteiger partial charge in [0.15, 0.2) is 18.1 Å². The zero-order valence-corrected chi connectivity index (χ0v) is 14.0. The third-order valence-corrected chi connectivity index (χ3v) is 2.79. The molecule has 1 aromatic carbocycles. The van der Waals surface area contributed by atoms with E-state index < -0.39 is 31.2 Å². The van der Waals surface area contributed by atoms with E-state index in [-0.39, 0.29) is 0 Å². The summed E-state index contributed by atoms with van der Waals surface area (Å²) in [6, 6.07) is 4.90. The van der Waals surface area contributed by atoms with Gasteiger partial charge in [0.1, 0.15) is 13.2 Å². The number of methoxy groups -OCH3 is 1. The lowest BCUT2D eigenvalue weighted by atomic mass is 10.2. The number of ether oxygens (including phenoxy) is 3. The van der Waals surface area contributed by atoms with Gasteiger partial charge in [-0.2, -0.15) is 13.2 Å². The van der Waals surface area contributed by atoms with Crippen molar-refractivity contribution < 1.29 is 37.0 Å². The molecule has 0 aliphatic carbocycles. The first-order valence-corrected chi connectivity index (χ1v) is 7.35. The van der Waals surface area contributed by atoms with Crippen molar-refractivity contribution >= 4 is 18.0 Å². The molecule has 1 amide bonds. The molecule has 0 atom stereocenters. The van der Waals surface area contributed by atoms with Crippen molar-refractivity contribution in [2.75, 3.05) is 26.9 Å². The largest absolute Gasteiger partial charge is 0.493 e. The van der Waals surface area contributed by atoms with Gasteiger partial charge in [0, 0.05) is 6.08 Å². The Balaban J connectivity index is 2.54. The number of amides is 1. The first kappa shape index (κ1) is 21.1. The minimum Gasteiger partial charge on any atom is -0.493 e. The predicted octanol–water partition coefficient (Wildman–Crippen LogP) is 2.49. The second kappa shape index (κ2) is 10.1. The van der Waals surface area contributed by atoms with Crippen molar-refractivity contribution in [3.8, 4) is 11.5 Å². The van der Waals surface area contributed by atoms with Crippen LogP contribution in [0, 0.1) is 0 Å². The summed E-state index contributed by atoms with van der Waals surface area (Å²) >= 11 is 0. The van der Waals surface area contributed by atoms with Gasteiger partial charge in [0.05, 0.1) is 7.11 Å². The molecule has 0 bridgehead atoms. The van der Waals surface area contributed by atoms with E-state index in [1.54, 1.807) is 29.6 Å². The summed E-state index contributed by atoms with van der Waals surface area (Å²) in [6.07, 6.45) is -0.514. The average Bonchev–Trinajstić information content (AvgIpc) is 2.60. The van der Waals surface area contributed by atoms with Gasteiger partial charge in [0.25, 0.3) is 5.91 Å². The van der Waals surface area contributed by atoms with Crippen molar-refractivity contribution in [2.24, 2.45) is 0 Å².